The molecule has 38 heavy (non-hydrogen) atoms. The molecule has 9 heteroatoms. The predicted octanol–water partition coefficient (Wildman–Crippen LogP) is 5.54. The smallest absolute Gasteiger partial charge is 0.143 e. The molecule has 3 atom stereocenters. The lowest BCUT2D eigenvalue weighted by atomic mass is 9.87. The summed E-state index contributed by atoms with van der Waals surface area (Å²) in [6.45, 7) is 6.90. The highest BCUT2D eigenvalue weighted by Crippen LogP contribution is 2.44. The molecule has 2 aliphatic heterocycles. The van der Waals surface area contributed by atoms with Crippen LogP contribution in [0.5, 0.6) is 0 Å². The van der Waals surface area contributed by atoms with Gasteiger partial charge in [-0.2, -0.15) is 0 Å². The highest BCUT2D eigenvalue weighted by Gasteiger charge is 2.42. The van der Waals surface area contributed by atoms with Crippen LogP contribution >= 0.6 is 0 Å². The summed E-state index contributed by atoms with van der Waals surface area (Å²) < 4.78 is 61.6. The number of fused-ring (bicyclic) bond motifs is 3. The van der Waals surface area contributed by atoms with Crippen LogP contribution in [0.4, 0.5) is 23.2 Å². The van der Waals surface area contributed by atoms with Crippen LogP contribution in [0.25, 0.3) is 10.9 Å². The second-order valence-electron chi connectivity index (χ2n) is 11.2. The van der Waals surface area contributed by atoms with Gasteiger partial charge in [0.15, 0.2) is 0 Å². The number of likely N-dealkylation sites (tertiary alicyclic amines) is 1. The first-order valence-corrected chi connectivity index (χ1v) is 13.4. The molecule has 0 radical (unpaired) electrons. The molecule has 5 rings (SSSR count). The number of aliphatic hydroxyl groups excluding tert-OH is 1. The Labute approximate surface area is 220 Å². The maximum Gasteiger partial charge on any atom is 0.143 e. The number of nitrogens with zero attached hydrogens (tertiary/aromatic N) is 2. The predicted molar refractivity (Wildman–Crippen MR) is 142 cm³/mol. The van der Waals surface area contributed by atoms with E-state index in [0.29, 0.717) is 34.3 Å². The van der Waals surface area contributed by atoms with Crippen molar-refractivity contribution in [3.63, 3.8) is 0 Å². The molecule has 3 unspecified atom stereocenters. The van der Waals surface area contributed by atoms with Crippen LogP contribution in [0.3, 0.4) is 0 Å². The van der Waals surface area contributed by atoms with Gasteiger partial charge in [-0.15, -0.1) is 0 Å². The van der Waals surface area contributed by atoms with Crippen molar-refractivity contribution in [2.45, 2.75) is 63.8 Å². The Balaban J connectivity index is 1.52. The zero-order valence-corrected chi connectivity index (χ0v) is 22.1. The number of aromatic nitrogens is 1. The molecule has 0 amide bonds. The average Bonchev–Trinajstić information content (AvgIpc) is 3.21. The van der Waals surface area contributed by atoms with Crippen LogP contribution in [-0.4, -0.2) is 70.4 Å². The summed E-state index contributed by atoms with van der Waals surface area (Å²) in [5.74, 6) is -1.93. The number of H-pyrrole nitrogens is 1. The SMILES string of the molecule is CCCCN1CC(Nc2cc(F)c(C3c4[nH]c5cccc(F)c5c4CC(C)N3CC(C)(F)CO)c(F)c2)C1. The zero-order chi connectivity index (χ0) is 27.2. The molecule has 0 spiro atoms. The first-order chi connectivity index (χ1) is 18.1. The van der Waals surface area contributed by atoms with E-state index in [4.69, 9.17) is 0 Å². The molecule has 1 saturated heterocycles. The summed E-state index contributed by atoms with van der Waals surface area (Å²) in [4.78, 5) is 7.15. The first-order valence-electron chi connectivity index (χ1n) is 13.4. The van der Waals surface area contributed by atoms with E-state index < -0.39 is 35.8 Å². The number of nitrogens with one attached hydrogen (secondary N) is 2. The molecule has 0 saturated carbocycles. The van der Waals surface area contributed by atoms with Crippen molar-refractivity contribution in [2.24, 2.45) is 0 Å². The number of rotatable bonds is 9. The summed E-state index contributed by atoms with van der Waals surface area (Å²) in [5.41, 5.74) is -0.255. The van der Waals surface area contributed by atoms with Crippen molar-refractivity contribution in [1.82, 2.24) is 14.8 Å². The standard InChI is InChI=1S/C29H36F4N4O/c1-4-5-9-36-13-19(14-36)34-18-11-22(31)26(23(32)12-18)28-27-20(25-21(30)7-6-8-24(25)35-27)10-17(2)37(28)15-29(3,33)16-38/h6-8,11-12,17,19,28,34-35,38H,4-5,9-10,13-16H2,1-3H3. The molecular formula is C29H36F4N4O. The number of hydrogen-bond acceptors (Lipinski definition) is 4. The fraction of sp³-hybridized carbons (Fsp3) is 0.517. The van der Waals surface area contributed by atoms with E-state index in [2.05, 4.69) is 22.1 Å². The third-order valence-electron chi connectivity index (χ3n) is 7.93. The van der Waals surface area contributed by atoms with Gasteiger partial charge < -0.3 is 15.4 Å². The van der Waals surface area contributed by atoms with Gasteiger partial charge in [-0.3, -0.25) is 9.80 Å². The number of aromatic amines is 1. The molecule has 2 aromatic carbocycles. The van der Waals surface area contributed by atoms with E-state index >= 15 is 13.2 Å². The molecule has 3 heterocycles. The van der Waals surface area contributed by atoms with Crippen LogP contribution in [0.2, 0.25) is 0 Å². The Morgan fingerprint density at radius 1 is 1.13 bits per heavy atom. The molecule has 2 aliphatic rings. The maximum atomic E-state index is 15.8. The van der Waals surface area contributed by atoms with Crippen molar-refractivity contribution in [1.29, 1.82) is 0 Å². The summed E-state index contributed by atoms with van der Waals surface area (Å²) in [6, 6.07) is 5.95. The average molecular weight is 533 g/mol. The summed E-state index contributed by atoms with van der Waals surface area (Å²) in [6.07, 6.45) is 2.61. The van der Waals surface area contributed by atoms with Crippen LogP contribution in [0, 0.1) is 17.5 Å². The Morgan fingerprint density at radius 2 is 1.84 bits per heavy atom. The lowest BCUT2D eigenvalue weighted by Crippen LogP contribution is -2.54. The second-order valence-corrected chi connectivity index (χ2v) is 11.2. The molecule has 206 valence electrons. The lowest BCUT2D eigenvalue weighted by Gasteiger charge is -2.43. The molecular weight excluding hydrogens is 496 g/mol. The summed E-state index contributed by atoms with van der Waals surface area (Å²) >= 11 is 0. The number of aliphatic hydroxyl groups is 1. The van der Waals surface area contributed by atoms with Crippen molar-refractivity contribution in [2.75, 3.05) is 38.1 Å². The molecule has 0 bridgehead atoms. The van der Waals surface area contributed by atoms with Crippen LogP contribution in [0.15, 0.2) is 30.3 Å². The molecule has 3 N–H and O–H groups in total. The third-order valence-corrected chi connectivity index (χ3v) is 7.93. The molecule has 1 fully saturated rings. The van der Waals surface area contributed by atoms with Gasteiger partial charge in [0.05, 0.1) is 18.7 Å². The van der Waals surface area contributed by atoms with Crippen molar-refractivity contribution < 1.29 is 22.7 Å². The maximum absolute atomic E-state index is 15.8. The lowest BCUT2D eigenvalue weighted by molar-refractivity contribution is 0.0162. The fourth-order valence-electron chi connectivity index (χ4n) is 5.95. The van der Waals surface area contributed by atoms with Crippen LogP contribution < -0.4 is 5.32 Å². The Morgan fingerprint density at radius 3 is 2.50 bits per heavy atom. The van der Waals surface area contributed by atoms with Gasteiger partial charge >= 0.3 is 0 Å². The van der Waals surface area contributed by atoms with Gasteiger partial charge in [0.25, 0.3) is 0 Å². The van der Waals surface area contributed by atoms with Crippen molar-refractivity contribution in [3.8, 4) is 0 Å². The van der Waals surface area contributed by atoms with Crippen LogP contribution in [0.1, 0.15) is 56.5 Å². The minimum atomic E-state index is -2.00. The van der Waals surface area contributed by atoms with E-state index in [1.165, 1.54) is 25.1 Å². The van der Waals surface area contributed by atoms with Crippen molar-refractivity contribution >= 4 is 16.6 Å². The molecule has 0 aliphatic carbocycles. The summed E-state index contributed by atoms with van der Waals surface area (Å²) in [5, 5.41) is 13.2. The monoisotopic (exact) mass is 532 g/mol. The van der Waals surface area contributed by atoms with E-state index in [0.717, 1.165) is 32.5 Å². The minimum Gasteiger partial charge on any atom is -0.393 e. The van der Waals surface area contributed by atoms with Gasteiger partial charge in [-0.05, 0) is 63.1 Å². The molecule has 5 nitrogen and oxygen atoms in total. The highest BCUT2D eigenvalue weighted by molar-refractivity contribution is 5.86. The zero-order valence-electron chi connectivity index (χ0n) is 22.1. The van der Waals surface area contributed by atoms with E-state index in [9.17, 15) is 9.50 Å². The quantitative estimate of drug-likeness (QED) is 0.317. The first kappa shape index (κ1) is 27.0. The van der Waals surface area contributed by atoms with E-state index in [-0.39, 0.29) is 24.2 Å². The number of halogens is 4. The highest BCUT2D eigenvalue weighted by atomic mass is 19.1. The normalized spacial score (nSPS) is 22.3. The van der Waals surface area contributed by atoms with Gasteiger partial charge in [0, 0.05) is 53.5 Å². The minimum absolute atomic E-state index is 0.114. The molecule has 3 aromatic rings. The summed E-state index contributed by atoms with van der Waals surface area (Å²) in [7, 11) is 0. The third kappa shape index (κ3) is 5.03. The second kappa shape index (κ2) is 10.5. The number of hydrogen-bond donors (Lipinski definition) is 3. The Bertz CT molecular complexity index is 1280. The number of anilines is 1. The van der Waals surface area contributed by atoms with Crippen LogP contribution in [-0.2, 0) is 6.42 Å². The van der Waals surface area contributed by atoms with E-state index in [1.807, 2.05) is 6.92 Å². The largest absolute Gasteiger partial charge is 0.393 e. The number of benzene rings is 2. The topological polar surface area (TPSA) is 54.5 Å². The molecule has 1 aromatic heterocycles. The van der Waals surface area contributed by atoms with Gasteiger partial charge in [0.1, 0.15) is 23.1 Å². The Hall–Kier alpha value is -2.62. The van der Waals surface area contributed by atoms with E-state index in [1.54, 1.807) is 17.0 Å². The van der Waals surface area contributed by atoms with Gasteiger partial charge in [-0.25, -0.2) is 17.6 Å². The fourth-order valence-corrected chi connectivity index (χ4v) is 5.95. The van der Waals surface area contributed by atoms with Gasteiger partial charge in [-0.1, -0.05) is 19.4 Å². The number of alkyl halides is 1. The number of unbranched alkanes of at least 4 members (excludes halogenated alkanes) is 1. The van der Waals surface area contributed by atoms with Crippen molar-refractivity contribution in [3.05, 3.63) is 64.6 Å². The Kier molecular flexibility index (Phi) is 7.46. The van der Waals surface area contributed by atoms with Gasteiger partial charge in [0.2, 0.25) is 0 Å².